The van der Waals surface area contributed by atoms with Gasteiger partial charge in [-0.2, -0.15) is 0 Å². The molecule has 2 aromatic carbocycles. The Kier molecular flexibility index (Phi) is 7.91. The first-order chi connectivity index (χ1) is 16.0. The van der Waals surface area contributed by atoms with Gasteiger partial charge in [-0.15, -0.1) is 12.6 Å². The number of hydrogen-bond donors (Lipinski definition) is 3. The van der Waals surface area contributed by atoms with Crippen molar-refractivity contribution in [2.75, 3.05) is 30.3 Å². The number of likely N-dealkylation sites (tertiary alicyclic amines) is 1. The Morgan fingerprint density at radius 3 is 2.67 bits per heavy atom. The van der Waals surface area contributed by atoms with Crippen LogP contribution in [0.25, 0.3) is 0 Å². The lowest BCUT2D eigenvalue weighted by atomic mass is 9.94. The SMILES string of the molecule is CC(c1cccc(S)c1)N1CCC(CNc2cccc(C(=O)Nc3ccc(Cl)cn3)c2)CC1. The number of pyridine rings is 1. The fraction of sp³-hybridized carbons (Fsp3) is 0.308. The van der Waals surface area contributed by atoms with Gasteiger partial charge >= 0.3 is 0 Å². The lowest BCUT2D eigenvalue weighted by Gasteiger charge is -2.36. The van der Waals surface area contributed by atoms with Crippen LogP contribution in [0, 0.1) is 5.92 Å². The van der Waals surface area contributed by atoms with E-state index < -0.39 is 0 Å². The van der Waals surface area contributed by atoms with E-state index in [0.29, 0.717) is 28.4 Å². The molecule has 172 valence electrons. The summed E-state index contributed by atoms with van der Waals surface area (Å²) in [6.45, 7) is 5.34. The van der Waals surface area contributed by atoms with Crippen molar-refractivity contribution in [3.63, 3.8) is 0 Å². The Balaban J connectivity index is 1.27. The Labute approximate surface area is 206 Å². The maximum atomic E-state index is 12.6. The molecule has 1 saturated heterocycles. The molecule has 33 heavy (non-hydrogen) atoms. The standard InChI is InChI=1S/C26H29ClN4OS/c1-18(20-4-3-7-24(33)15-20)31-12-10-19(11-13-31)16-28-23-6-2-5-21(14-23)26(32)30-25-9-8-22(27)17-29-25/h2-9,14-15,17-19,28,33H,10-13,16H2,1H3,(H,29,30,32). The number of nitrogens with zero attached hydrogens (tertiary/aromatic N) is 2. The van der Waals surface area contributed by atoms with Gasteiger partial charge in [0.1, 0.15) is 5.82 Å². The molecule has 3 aromatic rings. The molecule has 1 fully saturated rings. The minimum Gasteiger partial charge on any atom is -0.385 e. The first kappa shape index (κ1) is 23.6. The number of nitrogens with one attached hydrogen (secondary N) is 2. The summed E-state index contributed by atoms with van der Waals surface area (Å²) in [4.78, 5) is 20.3. The molecule has 1 aromatic heterocycles. The summed E-state index contributed by atoms with van der Waals surface area (Å²) >= 11 is 10.3. The van der Waals surface area contributed by atoms with E-state index >= 15 is 0 Å². The van der Waals surface area contributed by atoms with Crippen LogP contribution in [0.5, 0.6) is 0 Å². The van der Waals surface area contributed by atoms with Crippen molar-refractivity contribution in [3.05, 3.63) is 83.0 Å². The number of carbonyl (C=O) groups is 1. The van der Waals surface area contributed by atoms with Gasteiger partial charge in [-0.1, -0.05) is 29.8 Å². The second-order valence-corrected chi connectivity index (χ2v) is 9.48. The van der Waals surface area contributed by atoms with Gasteiger partial charge in [-0.3, -0.25) is 9.69 Å². The Bertz CT molecular complexity index is 1080. The highest BCUT2D eigenvalue weighted by Gasteiger charge is 2.23. The molecule has 0 aliphatic carbocycles. The van der Waals surface area contributed by atoms with Gasteiger partial charge in [0.2, 0.25) is 0 Å². The second kappa shape index (κ2) is 11.1. The summed E-state index contributed by atoms with van der Waals surface area (Å²) in [7, 11) is 0. The first-order valence-corrected chi connectivity index (χ1v) is 12.1. The molecule has 1 aliphatic rings. The molecule has 2 N–H and O–H groups in total. The third kappa shape index (κ3) is 6.50. The Morgan fingerprint density at radius 2 is 1.94 bits per heavy atom. The van der Waals surface area contributed by atoms with E-state index in [1.54, 1.807) is 18.2 Å². The Hall–Kier alpha value is -2.54. The summed E-state index contributed by atoms with van der Waals surface area (Å²) in [5, 5.41) is 6.86. The lowest BCUT2D eigenvalue weighted by Crippen LogP contribution is -2.37. The van der Waals surface area contributed by atoms with Gasteiger partial charge in [0.25, 0.3) is 5.91 Å². The van der Waals surface area contributed by atoms with E-state index in [0.717, 1.165) is 43.1 Å². The maximum absolute atomic E-state index is 12.6. The predicted molar refractivity (Wildman–Crippen MR) is 139 cm³/mol. The highest BCUT2D eigenvalue weighted by Crippen LogP contribution is 2.28. The molecule has 7 heteroatoms. The van der Waals surface area contributed by atoms with E-state index in [-0.39, 0.29) is 5.91 Å². The number of aromatic nitrogens is 1. The molecule has 1 aliphatic heterocycles. The van der Waals surface area contributed by atoms with Gasteiger partial charge < -0.3 is 10.6 Å². The van der Waals surface area contributed by atoms with Crippen molar-refractivity contribution in [3.8, 4) is 0 Å². The van der Waals surface area contributed by atoms with Crippen molar-refractivity contribution < 1.29 is 4.79 Å². The van der Waals surface area contributed by atoms with Crippen LogP contribution in [-0.4, -0.2) is 35.4 Å². The van der Waals surface area contributed by atoms with Crippen LogP contribution >= 0.6 is 24.2 Å². The number of benzene rings is 2. The fourth-order valence-electron chi connectivity index (χ4n) is 4.21. The fourth-order valence-corrected chi connectivity index (χ4v) is 4.56. The molecule has 0 spiro atoms. The van der Waals surface area contributed by atoms with Gasteiger partial charge in [-0.25, -0.2) is 4.98 Å². The van der Waals surface area contributed by atoms with Crippen molar-refractivity contribution in [2.45, 2.75) is 30.7 Å². The number of hydrogen-bond acceptors (Lipinski definition) is 5. The number of thiol groups is 1. The number of rotatable bonds is 7. The largest absolute Gasteiger partial charge is 0.385 e. The third-order valence-corrected chi connectivity index (χ3v) is 6.74. The van der Waals surface area contributed by atoms with Crippen LogP contribution < -0.4 is 10.6 Å². The van der Waals surface area contributed by atoms with Crippen LogP contribution in [0.1, 0.15) is 41.7 Å². The van der Waals surface area contributed by atoms with Gasteiger partial charge in [0, 0.05) is 34.9 Å². The molecule has 5 nitrogen and oxygen atoms in total. The summed E-state index contributed by atoms with van der Waals surface area (Å²) < 4.78 is 0. The summed E-state index contributed by atoms with van der Waals surface area (Å²) in [5.41, 5.74) is 2.86. The molecular formula is C26H29ClN4OS. The number of anilines is 2. The summed E-state index contributed by atoms with van der Waals surface area (Å²) in [6, 6.07) is 19.8. The maximum Gasteiger partial charge on any atom is 0.256 e. The molecular weight excluding hydrogens is 452 g/mol. The number of piperidine rings is 1. The summed E-state index contributed by atoms with van der Waals surface area (Å²) in [5.74, 6) is 0.895. The summed E-state index contributed by atoms with van der Waals surface area (Å²) in [6.07, 6.45) is 3.82. The number of carbonyl (C=O) groups excluding carboxylic acids is 1. The van der Waals surface area contributed by atoms with E-state index in [9.17, 15) is 4.79 Å². The highest BCUT2D eigenvalue weighted by molar-refractivity contribution is 7.80. The molecule has 0 saturated carbocycles. The predicted octanol–water partition coefficient (Wildman–Crippen LogP) is 6.16. The van der Waals surface area contributed by atoms with E-state index in [1.165, 1.54) is 11.8 Å². The number of amides is 1. The molecule has 1 unspecified atom stereocenters. The van der Waals surface area contributed by atoms with Crippen molar-refractivity contribution >= 4 is 41.6 Å². The average Bonchev–Trinajstić information content (AvgIpc) is 2.84. The molecule has 1 amide bonds. The molecule has 0 bridgehead atoms. The van der Waals surface area contributed by atoms with Crippen LogP contribution in [0.15, 0.2) is 71.8 Å². The molecule has 1 atom stereocenters. The lowest BCUT2D eigenvalue weighted by molar-refractivity contribution is 0.102. The zero-order valence-corrected chi connectivity index (χ0v) is 20.3. The average molecular weight is 481 g/mol. The normalized spacial score (nSPS) is 15.7. The highest BCUT2D eigenvalue weighted by atomic mass is 35.5. The van der Waals surface area contributed by atoms with E-state index in [1.807, 2.05) is 24.3 Å². The third-order valence-electron chi connectivity index (χ3n) is 6.24. The zero-order valence-electron chi connectivity index (χ0n) is 18.7. The van der Waals surface area contributed by atoms with Crippen LogP contribution in [0.4, 0.5) is 11.5 Å². The van der Waals surface area contributed by atoms with Crippen molar-refractivity contribution in [1.82, 2.24) is 9.88 Å². The van der Waals surface area contributed by atoms with Crippen LogP contribution in [0.3, 0.4) is 0 Å². The molecule has 2 heterocycles. The monoisotopic (exact) mass is 480 g/mol. The number of halogens is 1. The Morgan fingerprint density at radius 1 is 1.15 bits per heavy atom. The van der Waals surface area contributed by atoms with Crippen molar-refractivity contribution in [1.29, 1.82) is 0 Å². The van der Waals surface area contributed by atoms with Gasteiger partial charge in [0.05, 0.1) is 5.02 Å². The topological polar surface area (TPSA) is 57.3 Å². The van der Waals surface area contributed by atoms with Crippen LogP contribution in [-0.2, 0) is 0 Å². The smallest absolute Gasteiger partial charge is 0.256 e. The van der Waals surface area contributed by atoms with Gasteiger partial charge in [0.15, 0.2) is 0 Å². The van der Waals surface area contributed by atoms with Gasteiger partial charge in [-0.05, 0) is 86.8 Å². The van der Waals surface area contributed by atoms with E-state index in [2.05, 4.69) is 58.3 Å². The van der Waals surface area contributed by atoms with Crippen LogP contribution in [0.2, 0.25) is 5.02 Å². The minimum absolute atomic E-state index is 0.193. The molecule has 4 rings (SSSR count). The van der Waals surface area contributed by atoms with E-state index in [4.69, 9.17) is 11.6 Å². The minimum atomic E-state index is -0.193. The second-order valence-electron chi connectivity index (χ2n) is 8.53. The zero-order chi connectivity index (χ0) is 23.2. The van der Waals surface area contributed by atoms with Crippen molar-refractivity contribution in [2.24, 2.45) is 5.92 Å². The molecule has 0 radical (unpaired) electrons. The first-order valence-electron chi connectivity index (χ1n) is 11.3. The quantitative estimate of drug-likeness (QED) is 0.354.